The summed E-state index contributed by atoms with van der Waals surface area (Å²) < 4.78 is 4.56. The van der Waals surface area contributed by atoms with Crippen molar-refractivity contribution in [2.24, 2.45) is 0 Å². The van der Waals surface area contributed by atoms with Crippen LogP contribution >= 0.6 is 0 Å². The van der Waals surface area contributed by atoms with Crippen LogP contribution in [0.2, 0.25) is 0 Å². The van der Waals surface area contributed by atoms with Crippen LogP contribution in [0.4, 0.5) is 4.79 Å². The maximum Gasteiger partial charge on any atom is 0.329 e. The molecule has 0 radical (unpaired) electrons. The number of aliphatic carboxylic acids is 1. The number of esters is 1. The number of methoxy groups -OCH3 is 1. The Kier molecular flexibility index (Phi) is 6.48. The highest BCUT2D eigenvalue weighted by atomic mass is 16.5. The fourth-order valence-corrected chi connectivity index (χ4v) is 1.71. The van der Waals surface area contributed by atoms with Gasteiger partial charge in [-0.25, -0.2) is 9.59 Å². The molecule has 116 valence electrons. The first-order valence-corrected chi connectivity index (χ1v) is 6.48. The fraction of sp³-hybridized carbons (Fsp3) is 0.769. The number of carbonyl (C=O) groups excluding carboxylic acids is 2. The molecular weight excluding hydrogens is 264 g/mol. The number of ether oxygens (including phenoxy) is 1. The van der Waals surface area contributed by atoms with Crippen LogP contribution in [-0.2, 0) is 14.3 Å². The molecule has 0 spiro atoms. The van der Waals surface area contributed by atoms with E-state index in [1.165, 1.54) is 30.8 Å². The molecule has 0 saturated carbocycles. The third-order valence-corrected chi connectivity index (χ3v) is 3.14. The summed E-state index contributed by atoms with van der Waals surface area (Å²) in [5.41, 5.74) is -1.35. The van der Waals surface area contributed by atoms with E-state index in [0.29, 0.717) is 0 Å². The van der Waals surface area contributed by atoms with Gasteiger partial charge in [-0.3, -0.25) is 4.79 Å². The Balaban J connectivity index is 5.31. The quantitative estimate of drug-likeness (QED) is 0.741. The summed E-state index contributed by atoms with van der Waals surface area (Å²) in [4.78, 5) is 37.7. The van der Waals surface area contributed by atoms with Crippen LogP contribution in [0.15, 0.2) is 0 Å². The molecule has 0 atom stereocenters. The van der Waals surface area contributed by atoms with Crippen LogP contribution in [0.25, 0.3) is 0 Å². The second-order valence-corrected chi connectivity index (χ2v) is 5.19. The lowest BCUT2D eigenvalue weighted by atomic mass is 10.0. The van der Waals surface area contributed by atoms with Gasteiger partial charge in [0, 0.05) is 12.6 Å². The van der Waals surface area contributed by atoms with E-state index in [-0.39, 0.29) is 19.1 Å². The zero-order chi connectivity index (χ0) is 16.1. The van der Waals surface area contributed by atoms with Crippen LogP contribution in [0.3, 0.4) is 0 Å². The van der Waals surface area contributed by atoms with Crippen molar-refractivity contribution >= 4 is 18.0 Å². The van der Waals surface area contributed by atoms with Gasteiger partial charge in [-0.2, -0.15) is 0 Å². The van der Waals surface area contributed by atoms with Gasteiger partial charge in [0.1, 0.15) is 12.1 Å². The molecule has 0 saturated heterocycles. The third kappa shape index (κ3) is 4.11. The van der Waals surface area contributed by atoms with Gasteiger partial charge in [0.2, 0.25) is 0 Å². The average molecular weight is 288 g/mol. The van der Waals surface area contributed by atoms with Gasteiger partial charge in [-0.15, -0.1) is 0 Å². The van der Waals surface area contributed by atoms with Gasteiger partial charge < -0.3 is 19.6 Å². The molecule has 0 heterocycles. The van der Waals surface area contributed by atoms with Crippen LogP contribution < -0.4 is 0 Å². The molecule has 0 rings (SSSR count). The Hall–Kier alpha value is -1.79. The topological polar surface area (TPSA) is 87.2 Å². The first-order chi connectivity index (χ1) is 9.09. The lowest BCUT2D eigenvalue weighted by Crippen LogP contribution is -2.58. The largest absolute Gasteiger partial charge is 0.480 e. The lowest BCUT2D eigenvalue weighted by molar-refractivity contribution is -0.148. The second-order valence-electron chi connectivity index (χ2n) is 5.19. The maximum atomic E-state index is 12.5. The molecule has 0 aliphatic carbocycles. The number of hydrogen-bond acceptors (Lipinski definition) is 4. The molecule has 7 heteroatoms. The smallest absolute Gasteiger partial charge is 0.329 e. The summed E-state index contributed by atoms with van der Waals surface area (Å²) in [6, 6.07) is -0.749. The van der Waals surface area contributed by atoms with Gasteiger partial charge in [0.25, 0.3) is 0 Å². The summed E-state index contributed by atoms with van der Waals surface area (Å²) in [7, 11) is 1.24. The number of likely N-dealkylation sites (N-methyl/N-ethyl adjacent to an activating group) is 1. The summed E-state index contributed by atoms with van der Waals surface area (Å²) >= 11 is 0. The van der Waals surface area contributed by atoms with Crippen molar-refractivity contribution in [3.63, 3.8) is 0 Å². The predicted octanol–water partition coefficient (Wildman–Crippen LogP) is 1.17. The van der Waals surface area contributed by atoms with E-state index in [9.17, 15) is 19.5 Å². The SMILES string of the molecule is CCN(C(=O)N(CC(=O)OC)C(C)C)C(C)(C)C(=O)O. The predicted molar refractivity (Wildman–Crippen MR) is 73.3 cm³/mol. The molecule has 0 fully saturated rings. The highest BCUT2D eigenvalue weighted by molar-refractivity contribution is 5.87. The van der Waals surface area contributed by atoms with Crippen molar-refractivity contribution in [1.82, 2.24) is 9.80 Å². The first-order valence-electron chi connectivity index (χ1n) is 6.48. The van der Waals surface area contributed by atoms with Gasteiger partial charge in [-0.05, 0) is 34.6 Å². The monoisotopic (exact) mass is 288 g/mol. The highest BCUT2D eigenvalue weighted by Crippen LogP contribution is 2.18. The molecular formula is C13H24N2O5. The molecule has 1 N–H and O–H groups in total. The summed E-state index contributed by atoms with van der Waals surface area (Å²) in [5, 5.41) is 9.24. The van der Waals surface area contributed by atoms with Crippen LogP contribution in [-0.4, -0.2) is 64.7 Å². The number of carboxylic acids is 1. The molecule has 0 aromatic carbocycles. The van der Waals surface area contributed by atoms with Gasteiger partial charge >= 0.3 is 18.0 Å². The maximum absolute atomic E-state index is 12.5. The van der Waals surface area contributed by atoms with E-state index in [1.807, 2.05) is 0 Å². The number of rotatable bonds is 6. The minimum absolute atomic E-state index is 0.209. The number of nitrogens with zero attached hydrogens (tertiary/aromatic N) is 2. The normalized spacial score (nSPS) is 11.2. The number of amides is 2. The number of urea groups is 1. The Morgan fingerprint density at radius 1 is 1.25 bits per heavy atom. The molecule has 0 aliphatic heterocycles. The minimum Gasteiger partial charge on any atom is -0.480 e. The van der Waals surface area contributed by atoms with Crippen molar-refractivity contribution in [3.8, 4) is 0 Å². The molecule has 0 aliphatic rings. The van der Waals surface area contributed by atoms with Gasteiger partial charge in [0.05, 0.1) is 7.11 Å². The van der Waals surface area contributed by atoms with Crippen LogP contribution in [0, 0.1) is 0 Å². The number of carbonyl (C=O) groups is 3. The third-order valence-electron chi connectivity index (χ3n) is 3.14. The van der Waals surface area contributed by atoms with Crippen LogP contribution in [0.1, 0.15) is 34.6 Å². The fourth-order valence-electron chi connectivity index (χ4n) is 1.71. The molecule has 20 heavy (non-hydrogen) atoms. The summed E-state index contributed by atoms with van der Waals surface area (Å²) in [5.74, 6) is -1.65. The zero-order valence-corrected chi connectivity index (χ0v) is 13.0. The number of carboxylic acid groups (broad SMARTS) is 1. The Morgan fingerprint density at radius 2 is 1.75 bits per heavy atom. The summed E-state index contributed by atoms with van der Waals surface area (Å²) in [6.45, 7) is 8.12. The van der Waals surface area contributed by atoms with Crippen molar-refractivity contribution in [2.45, 2.75) is 46.2 Å². The summed E-state index contributed by atoms with van der Waals surface area (Å²) in [6.07, 6.45) is 0. The molecule has 2 amide bonds. The van der Waals surface area contributed by atoms with E-state index < -0.39 is 23.5 Å². The Bertz CT molecular complexity index is 379. The minimum atomic E-state index is -1.35. The molecule has 0 bridgehead atoms. The standard InChI is InChI=1S/C13H24N2O5/c1-7-15(13(4,5)11(17)18)12(19)14(9(2)3)8-10(16)20-6/h9H,7-8H2,1-6H3,(H,17,18). The van der Waals surface area contributed by atoms with Crippen molar-refractivity contribution < 1.29 is 24.2 Å². The average Bonchev–Trinajstić information content (AvgIpc) is 2.35. The second kappa shape index (κ2) is 7.12. The van der Waals surface area contributed by atoms with E-state index in [2.05, 4.69) is 4.74 Å². The van der Waals surface area contributed by atoms with E-state index >= 15 is 0 Å². The van der Waals surface area contributed by atoms with Crippen molar-refractivity contribution in [1.29, 1.82) is 0 Å². The molecule has 0 aromatic heterocycles. The Morgan fingerprint density at radius 3 is 2.05 bits per heavy atom. The van der Waals surface area contributed by atoms with Crippen molar-refractivity contribution in [2.75, 3.05) is 20.2 Å². The Labute approximate surface area is 119 Å². The molecule has 0 aromatic rings. The molecule has 0 unspecified atom stereocenters. The van der Waals surface area contributed by atoms with E-state index in [0.717, 1.165) is 0 Å². The first kappa shape index (κ1) is 18.2. The van der Waals surface area contributed by atoms with Crippen LogP contribution in [0.5, 0.6) is 0 Å². The van der Waals surface area contributed by atoms with E-state index in [4.69, 9.17) is 0 Å². The number of hydrogen-bond donors (Lipinski definition) is 1. The lowest BCUT2D eigenvalue weighted by Gasteiger charge is -2.39. The van der Waals surface area contributed by atoms with Gasteiger partial charge in [0.15, 0.2) is 0 Å². The zero-order valence-electron chi connectivity index (χ0n) is 13.0. The van der Waals surface area contributed by atoms with Gasteiger partial charge in [-0.1, -0.05) is 0 Å². The highest BCUT2D eigenvalue weighted by Gasteiger charge is 2.39. The molecule has 7 nitrogen and oxygen atoms in total. The van der Waals surface area contributed by atoms with E-state index in [1.54, 1.807) is 20.8 Å². The van der Waals surface area contributed by atoms with Crippen molar-refractivity contribution in [3.05, 3.63) is 0 Å².